The van der Waals surface area contributed by atoms with Gasteiger partial charge in [-0.05, 0) is 54.4 Å². The quantitative estimate of drug-likeness (QED) is 0.805. The molecule has 1 fully saturated rings. The molecule has 6 nitrogen and oxygen atoms in total. The molecular weight excluding hydrogens is 371 g/mol. The van der Waals surface area contributed by atoms with Gasteiger partial charge in [-0.2, -0.15) is 4.31 Å². The van der Waals surface area contributed by atoms with E-state index >= 15 is 0 Å². The molecule has 4 rings (SSSR count). The number of ether oxygens (including phenoxy) is 1. The third-order valence-corrected chi connectivity index (χ3v) is 7.34. The Hall–Kier alpha value is -2.45. The van der Waals surface area contributed by atoms with Gasteiger partial charge in [-0.15, -0.1) is 0 Å². The smallest absolute Gasteiger partial charge is 0.243 e. The highest BCUT2D eigenvalue weighted by Crippen LogP contribution is 2.48. The molecule has 0 N–H and O–H groups in total. The van der Waals surface area contributed by atoms with Crippen LogP contribution in [-0.2, 0) is 20.2 Å². The van der Waals surface area contributed by atoms with E-state index in [-0.39, 0.29) is 23.9 Å². The summed E-state index contributed by atoms with van der Waals surface area (Å²) < 4.78 is 45.7. The molecule has 142 valence electrons. The van der Waals surface area contributed by atoms with Crippen molar-refractivity contribution in [1.29, 1.82) is 0 Å². The summed E-state index contributed by atoms with van der Waals surface area (Å²) in [6, 6.07) is 10.1. The van der Waals surface area contributed by atoms with Crippen molar-refractivity contribution < 1.29 is 22.3 Å². The maximum absolute atomic E-state index is 13.2. The van der Waals surface area contributed by atoms with Crippen molar-refractivity contribution in [1.82, 2.24) is 4.31 Å². The van der Waals surface area contributed by atoms with Crippen LogP contribution in [0.15, 0.2) is 47.4 Å². The lowest BCUT2D eigenvalue weighted by molar-refractivity contribution is -0.122. The van der Waals surface area contributed by atoms with Crippen LogP contribution in [0.25, 0.3) is 0 Å². The lowest BCUT2D eigenvalue weighted by atomic mass is 9.81. The molecule has 0 bridgehead atoms. The highest BCUT2D eigenvalue weighted by molar-refractivity contribution is 7.89. The summed E-state index contributed by atoms with van der Waals surface area (Å²) >= 11 is 0. The van der Waals surface area contributed by atoms with E-state index in [1.165, 1.54) is 16.4 Å². The molecule has 1 amide bonds. The van der Waals surface area contributed by atoms with Gasteiger partial charge >= 0.3 is 0 Å². The summed E-state index contributed by atoms with van der Waals surface area (Å²) in [5.41, 5.74) is 0.624. The number of fused-ring (bicyclic) bond motifs is 2. The minimum absolute atomic E-state index is 0.0191. The number of carbonyl (C=O) groups is 1. The molecule has 2 aliphatic heterocycles. The van der Waals surface area contributed by atoms with E-state index in [2.05, 4.69) is 0 Å². The highest BCUT2D eigenvalue weighted by atomic mass is 32.2. The van der Waals surface area contributed by atoms with Crippen molar-refractivity contribution in [3.05, 3.63) is 53.8 Å². The van der Waals surface area contributed by atoms with Gasteiger partial charge in [-0.3, -0.25) is 4.79 Å². The van der Waals surface area contributed by atoms with Gasteiger partial charge in [-0.25, -0.2) is 12.8 Å². The predicted octanol–water partition coefficient (Wildman–Crippen LogP) is 2.14. The average molecular weight is 390 g/mol. The van der Waals surface area contributed by atoms with E-state index < -0.39 is 21.3 Å². The molecule has 1 spiro atoms. The summed E-state index contributed by atoms with van der Waals surface area (Å²) in [6.07, 6.45) is 0.386. The van der Waals surface area contributed by atoms with Gasteiger partial charge in [0.05, 0.1) is 17.4 Å². The second kappa shape index (κ2) is 6.03. The van der Waals surface area contributed by atoms with E-state index in [0.29, 0.717) is 12.2 Å². The molecule has 27 heavy (non-hydrogen) atoms. The Kier molecular flexibility index (Phi) is 4.01. The summed E-state index contributed by atoms with van der Waals surface area (Å²) in [5.74, 6) is -0.000846. The number of anilines is 1. The van der Waals surface area contributed by atoms with Gasteiger partial charge < -0.3 is 9.64 Å². The number of halogens is 1. The first-order chi connectivity index (χ1) is 12.8. The standard InChI is InChI=1S/C19H19FN2O4S/c1-21-17-8-5-14(26-2)11-16(17)19(18(21)23)9-10-22(12-19)27(24,25)15-6-3-13(20)4-7-15/h3-8,11H,9-10,12H2,1-2H3/t19-/m1/s1. The minimum Gasteiger partial charge on any atom is -0.497 e. The Morgan fingerprint density at radius 1 is 1.15 bits per heavy atom. The highest BCUT2D eigenvalue weighted by Gasteiger charge is 2.55. The number of carbonyl (C=O) groups excluding carboxylic acids is 1. The predicted molar refractivity (Wildman–Crippen MR) is 97.9 cm³/mol. The van der Waals surface area contributed by atoms with Crippen molar-refractivity contribution in [3.8, 4) is 5.75 Å². The zero-order valence-corrected chi connectivity index (χ0v) is 15.8. The number of sulfonamides is 1. The van der Waals surface area contributed by atoms with Crippen LogP contribution in [0.3, 0.4) is 0 Å². The maximum atomic E-state index is 13.2. The van der Waals surface area contributed by atoms with E-state index in [1.807, 2.05) is 12.1 Å². The van der Waals surface area contributed by atoms with E-state index in [9.17, 15) is 17.6 Å². The maximum Gasteiger partial charge on any atom is 0.243 e. The molecule has 0 saturated carbocycles. The Bertz CT molecular complexity index is 1020. The first-order valence-electron chi connectivity index (χ1n) is 8.52. The Balaban J connectivity index is 1.74. The van der Waals surface area contributed by atoms with Gasteiger partial charge in [-0.1, -0.05) is 0 Å². The summed E-state index contributed by atoms with van der Waals surface area (Å²) in [7, 11) is -0.569. The zero-order chi connectivity index (χ0) is 19.4. The van der Waals surface area contributed by atoms with Crippen LogP contribution in [0.4, 0.5) is 10.1 Å². The van der Waals surface area contributed by atoms with Crippen LogP contribution in [0.2, 0.25) is 0 Å². The molecule has 1 atom stereocenters. The van der Waals surface area contributed by atoms with Crippen LogP contribution in [0.1, 0.15) is 12.0 Å². The molecule has 2 heterocycles. The monoisotopic (exact) mass is 390 g/mol. The fourth-order valence-electron chi connectivity index (χ4n) is 3.99. The van der Waals surface area contributed by atoms with Crippen LogP contribution in [-0.4, -0.2) is 45.9 Å². The zero-order valence-electron chi connectivity index (χ0n) is 15.0. The summed E-state index contributed by atoms with van der Waals surface area (Å²) in [6.45, 7) is 0.270. The van der Waals surface area contributed by atoms with Crippen molar-refractivity contribution >= 4 is 21.6 Å². The Morgan fingerprint density at radius 2 is 1.85 bits per heavy atom. The van der Waals surface area contributed by atoms with Crippen molar-refractivity contribution in [2.45, 2.75) is 16.7 Å². The second-order valence-corrected chi connectivity index (χ2v) is 8.81. The SMILES string of the molecule is COc1ccc2c(c1)[C@]1(CCN(S(=O)(=O)c3ccc(F)cc3)C1)C(=O)N2C. The summed E-state index contributed by atoms with van der Waals surface area (Å²) in [5, 5.41) is 0. The molecular formula is C19H19FN2O4S. The Morgan fingerprint density at radius 3 is 2.52 bits per heavy atom. The van der Waals surface area contributed by atoms with Gasteiger partial charge in [0.15, 0.2) is 0 Å². The number of hydrogen-bond donors (Lipinski definition) is 0. The van der Waals surface area contributed by atoms with Crippen LogP contribution < -0.4 is 9.64 Å². The van der Waals surface area contributed by atoms with Gasteiger partial charge in [0, 0.05) is 25.8 Å². The van der Waals surface area contributed by atoms with E-state index in [4.69, 9.17) is 4.74 Å². The molecule has 2 aromatic carbocycles. The Labute approximate surface area is 157 Å². The number of rotatable bonds is 3. The van der Waals surface area contributed by atoms with Gasteiger partial charge in [0.1, 0.15) is 11.6 Å². The fraction of sp³-hybridized carbons (Fsp3) is 0.316. The second-order valence-electron chi connectivity index (χ2n) is 6.87. The molecule has 0 radical (unpaired) electrons. The largest absolute Gasteiger partial charge is 0.497 e. The van der Waals surface area contributed by atoms with Crippen molar-refractivity contribution in [3.63, 3.8) is 0 Å². The van der Waals surface area contributed by atoms with Crippen LogP contribution in [0.5, 0.6) is 5.75 Å². The average Bonchev–Trinajstić information content (AvgIpc) is 3.21. The molecule has 0 aliphatic carbocycles. The van der Waals surface area contributed by atoms with Gasteiger partial charge in [0.2, 0.25) is 15.9 Å². The number of benzene rings is 2. The summed E-state index contributed by atoms with van der Waals surface area (Å²) in [4.78, 5) is 14.6. The number of methoxy groups -OCH3 is 1. The fourth-order valence-corrected chi connectivity index (χ4v) is 5.49. The lowest BCUT2D eigenvalue weighted by Crippen LogP contribution is -2.42. The molecule has 1 saturated heterocycles. The van der Waals surface area contributed by atoms with Crippen LogP contribution >= 0.6 is 0 Å². The normalized spacial score (nSPS) is 22.5. The number of hydrogen-bond acceptors (Lipinski definition) is 4. The number of nitrogens with zero attached hydrogens (tertiary/aromatic N) is 2. The number of amides is 1. The topological polar surface area (TPSA) is 66.9 Å². The first kappa shape index (κ1) is 17.9. The minimum atomic E-state index is -3.81. The van der Waals surface area contributed by atoms with Crippen molar-refractivity contribution in [2.75, 3.05) is 32.1 Å². The van der Waals surface area contributed by atoms with Gasteiger partial charge in [0.25, 0.3) is 0 Å². The first-order valence-corrected chi connectivity index (χ1v) is 9.96. The third kappa shape index (κ3) is 2.55. The lowest BCUT2D eigenvalue weighted by Gasteiger charge is -2.23. The molecule has 8 heteroatoms. The molecule has 0 aromatic heterocycles. The molecule has 2 aromatic rings. The van der Waals surface area contributed by atoms with E-state index in [1.54, 1.807) is 25.1 Å². The van der Waals surface area contributed by atoms with Crippen LogP contribution in [0, 0.1) is 5.82 Å². The van der Waals surface area contributed by atoms with E-state index in [0.717, 1.165) is 23.4 Å². The molecule has 0 unspecified atom stereocenters. The van der Waals surface area contributed by atoms with Crippen molar-refractivity contribution in [2.24, 2.45) is 0 Å². The number of likely N-dealkylation sites (N-methyl/N-ethyl adjacent to an activating group) is 1. The third-order valence-electron chi connectivity index (χ3n) is 5.48. The molecule has 2 aliphatic rings.